The van der Waals surface area contributed by atoms with Gasteiger partial charge in [-0.3, -0.25) is 0 Å². The monoisotopic (exact) mass is 598 g/mol. The second-order valence-electron chi connectivity index (χ2n) is 9.52. The summed E-state index contributed by atoms with van der Waals surface area (Å²) in [5.41, 5.74) is -0.158. The number of carbonyl (C=O) groups is 1. The molecule has 0 aliphatic carbocycles. The average Bonchev–Trinajstić information content (AvgIpc) is 2.84. The van der Waals surface area contributed by atoms with Gasteiger partial charge < -0.3 is 9.84 Å². The first-order valence-corrected chi connectivity index (χ1v) is 16.4. The largest absolute Gasteiger partial charge is 0.494 e. The molecule has 0 atom stereocenters. The molecule has 0 aliphatic heterocycles. The predicted molar refractivity (Wildman–Crippen MR) is 150 cm³/mol. The highest BCUT2D eigenvalue weighted by Gasteiger charge is 2.15. The van der Waals surface area contributed by atoms with Gasteiger partial charge in [0.1, 0.15) is 5.75 Å². The van der Waals surface area contributed by atoms with Crippen molar-refractivity contribution in [1.82, 2.24) is 0 Å². The molecule has 0 aromatic heterocycles. The number of fused-ring (bicyclic) bond motifs is 1. The summed E-state index contributed by atoms with van der Waals surface area (Å²) in [5.74, 6) is -0.538. The van der Waals surface area contributed by atoms with Crippen molar-refractivity contribution in [3.63, 3.8) is 0 Å². The van der Waals surface area contributed by atoms with E-state index < -0.39 is 25.8 Å². The van der Waals surface area contributed by atoms with Gasteiger partial charge in [0.25, 0.3) is 0 Å². The summed E-state index contributed by atoms with van der Waals surface area (Å²) < 4.78 is 28.8. The van der Waals surface area contributed by atoms with Crippen molar-refractivity contribution in [2.75, 3.05) is 6.61 Å². The van der Waals surface area contributed by atoms with Crippen molar-refractivity contribution in [2.24, 2.45) is 0 Å². The third-order valence-electron chi connectivity index (χ3n) is 6.56. The highest BCUT2D eigenvalue weighted by molar-refractivity contribution is 14.2. The fourth-order valence-corrected chi connectivity index (χ4v) is 5.92. The van der Waals surface area contributed by atoms with Gasteiger partial charge in [0.05, 0.1) is 15.7 Å². The zero-order valence-electron chi connectivity index (χ0n) is 21.4. The van der Waals surface area contributed by atoms with Crippen molar-refractivity contribution in [3.8, 4) is 5.75 Å². The van der Waals surface area contributed by atoms with Gasteiger partial charge in [-0.1, -0.05) is 109 Å². The second-order valence-corrected chi connectivity index (χ2v) is 11.9. The van der Waals surface area contributed by atoms with Crippen LogP contribution in [0.1, 0.15) is 120 Å². The molecule has 6 heteroatoms. The number of halogens is 1. The van der Waals surface area contributed by atoms with Crippen LogP contribution in [0, 0.1) is 3.57 Å². The van der Waals surface area contributed by atoms with Crippen LogP contribution in [-0.4, -0.2) is 17.7 Å². The number of hydrogen-bond donors (Lipinski definition) is 1. The van der Waals surface area contributed by atoms with Crippen molar-refractivity contribution in [3.05, 3.63) is 39.5 Å². The number of carboxylic acids is 1. The first-order valence-electron chi connectivity index (χ1n) is 13.5. The summed E-state index contributed by atoms with van der Waals surface area (Å²) >= 11 is -3.91. The van der Waals surface area contributed by atoms with Gasteiger partial charge in [-0.2, -0.15) is 0 Å². The molecule has 5 nitrogen and oxygen atoms in total. The number of aromatic carboxylic acids is 1. The molecule has 0 radical (unpaired) electrons. The summed E-state index contributed by atoms with van der Waals surface area (Å²) in [6, 6.07) is 8.25. The number of carboxylic acid groups (broad SMARTS) is 1. The minimum atomic E-state index is -3.91. The van der Waals surface area contributed by atoms with E-state index in [1.165, 1.54) is 102 Å². The number of unbranched alkanes of at least 4 members (excludes halogenated alkanes) is 15. The SMILES string of the molecule is CCCCCCCCCCCCCCCCCCOc1ccc2cc(C(=O)O)c(I(=O)=O)cc2c1. The number of rotatable bonds is 20. The van der Waals surface area contributed by atoms with Crippen LogP contribution in [0.4, 0.5) is 0 Å². The molecule has 0 unspecified atom stereocenters. The molecule has 35 heavy (non-hydrogen) atoms. The highest BCUT2D eigenvalue weighted by Crippen LogP contribution is 2.29. The normalized spacial score (nSPS) is 11.4. The maximum absolute atomic E-state index is 11.5. The van der Waals surface area contributed by atoms with Gasteiger partial charge in [0.15, 0.2) is 0 Å². The molecular formula is C29H43IO5. The fraction of sp³-hybridized carbons (Fsp3) is 0.621. The maximum atomic E-state index is 11.5. The molecule has 0 bridgehead atoms. The molecule has 2 aromatic rings. The van der Waals surface area contributed by atoms with Crippen LogP contribution in [0.15, 0.2) is 30.3 Å². The Morgan fingerprint density at radius 2 is 1.23 bits per heavy atom. The first kappa shape index (κ1) is 29.5. The summed E-state index contributed by atoms with van der Waals surface area (Å²) in [6.07, 6.45) is 21.3. The van der Waals surface area contributed by atoms with E-state index in [-0.39, 0.29) is 9.13 Å². The molecule has 0 saturated carbocycles. The smallest absolute Gasteiger partial charge is 0.341 e. The minimum absolute atomic E-state index is 0.0795. The number of ether oxygens (including phenoxy) is 1. The summed E-state index contributed by atoms with van der Waals surface area (Å²) in [6.45, 7) is 2.90. The minimum Gasteiger partial charge on any atom is -0.494 e. The molecule has 0 amide bonds. The summed E-state index contributed by atoms with van der Waals surface area (Å²) in [4.78, 5) is 11.3. The quantitative estimate of drug-likeness (QED) is 0.121. The lowest BCUT2D eigenvalue weighted by atomic mass is 10.0. The molecule has 0 spiro atoms. The van der Waals surface area contributed by atoms with Crippen LogP contribution >= 0.6 is 19.8 Å². The fourth-order valence-electron chi connectivity index (χ4n) is 4.47. The Balaban J connectivity index is 1.53. The Kier molecular flexibility index (Phi) is 14.9. The average molecular weight is 599 g/mol. The van der Waals surface area contributed by atoms with Gasteiger partial charge in [-0.15, -0.1) is 0 Å². The summed E-state index contributed by atoms with van der Waals surface area (Å²) in [5, 5.41) is 10.6. The molecule has 0 aliphatic rings. The Labute approximate surface area is 218 Å². The van der Waals surface area contributed by atoms with Gasteiger partial charge >= 0.3 is 25.8 Å². The Bertz CT molecular complexity index is 959. The molecule has 2 rings (SSSR count). The van der Waals surface area contributed by atoms with Gasteiger partial charge in [-0.05, 0) is 41.5 Å². The standard InChI is InChI=1S/C29H43IO5/c1-2-3-4-5-6-7-8-9-10-11-12-13-14-15-16-17-20-35-26-19-18-24-22-27(29(31)32)28(30(33)34)23-25(24)21-26/h18-19,21-23H,2-17,20H2,1H3,(H,31,32). The first-order chi connectivity index (χ1) is 17.0. The summed E-state index contributed by atoms with van der Waals surface area (Å²) in [7, 11) is 0. The third-order valence-corrected chi connectivity index (χ3v) is 8.40. The Hall–Kier alpha value is -1.70. The van der Waals surface area contributed by atoms with Gasteiger partial charge in [0.2, 0.25) is 0 Å². The molecule has 196 valence electrons. The van der Waals surface area contributed by atoms with Crippen molar-refractivity contribution in [1.29, 1.82) is 0 Å². The second kappa shape index (κ2) is 17.7. The predicted octanol–water partition coefficient (Wildman–Crippen LogP) is 9.55. The Morgan fingerprint density at radius 3 is 1.71 bits per heavy atom. The van der Waals surface area contributed by atoms with Gasteiger partial charge in [0, 0.05) is 0 Å². The van der Waals surface area contributed by atoms with E-state index in [0.29, 0.717) is 23.1 Å². The molecule has 2 aromatic carbocycles. The van der Waals surface area contributed by atoms with E-state index in [9.17, 15) is 16.0 Å². The van der Waals surface area contributed by atoms with E-state index in [2.05, 4.69) is 6.92 Å². The van der Waals surface area contributed by atoms with Crippen molar-refractivity contribution in [2.45, 2.75) is 110 Å². The topological polar surface area (TPSA) is 80.7 Å². The van der Waals surface area contributed by atoms with E-state index in [1.807, 2.05) is 6.07 Å². The van der Waals surface area contributed by atoms with E-state index in [1.54, 1.807) is 12.1 Å². The van der Waals surface area contributed by atoms with E-state index >= 15 is 0 Å². The van der Waals surface area contributed by atoms with Crippen LogP contribution in [0.25, 0.3) is 10.8 Å². The Morgan fingerprint density at radius 1 is 0.714 bits per heavy atom. The lowest BCUT2D eigenvalue weighted by molar-refractivity contribution is 0.0695. The molecule has 0 heterocycles. The number of benzene rings is 2. The van der Waals surface area contributed by atoms with Crippen LogP contribution in [0.3, 0.4) is 0 Å². The third kappa shape index (κ3) is 11.7. The van der Waals surface area contributed by atoms with E-state index in [0.717, 1.165) is 12.8 Å². The molecule has 1 N–H and O–H groups in total. The lowest BCUT2D eigenvalue weighted by Gasteiger charge is -2.09. The highest BCUT2D eigenvalue weighted by atomic mass is 127. The van der Waals surface area contributed by atoms with Gasteiger partial charge in [-0.25, -0.2) is 10.9 Å². The molecular weight excluding hydrogens is 555 g/mol. The molecule has 0 saturated heterocycles. The zero-order valence-corrected chi connectivity index (χ0v) is 23.5. The lowest BCUT2D eigenvalue weighted by Crippen LogP contribution is -2.01. The van der Waals surface area contributed by atoms with Crippen LogP contribution in [0.2, 0.25) is 0 Å². The van der Waals surface area contributed by atoms with E-state index in [4.69, 9.17) is 4.74 Å². The molecule has 0 fully saturated rings. The van der Waals surface area contributed by atoms with Crippen LogP contribution < -0.4 is 4.74 Å². The van der Waals surface area contributed by atoms with Crippen molar-refractivity contribution < 1.29 is 20.8 Å². The van der Waals surface area contributed by atoms with Crippen LogP contribution in [0.5, 0.6) is 5.75 Å². The van der Waals surface area contributed by atoms with Crippen molar-refractivity contribution >= 4 is 36.5 Å². The maximum Gasteiger partial charge on any atom is 0.341 e. The van der Waals surface area contributed by atoms with Crippen LogP contribution in [-0.2, 0) is 6.14 Å². The zero-order chi connectivity index (χ0) is 25.3. The number of hydrogen-bond acceptors (Lipinski definition) is 4.